The molecule has 0 unspecified atom stereocenters. The van der Waals surface area contributed by atoms with Gasteiger partial charge in [0.2, 0.25) is 5.91 Å². The number of carbonyl (C=O) groups is 1. The highest BCUT2D eigenvalue weighted by Gasteiger charge is 2.20. The number of nitrogens with zero attached hydrogens (tertiary/aromatic N) is 4. The van der Waals surface area contributed by atoms with Crippen molar-refractivity contribution in [1.29, 1.82) is 0 Å². The summed E-state index contributed by atoms with van der Waals surface area (Å²) in [5.74, 6) is -0.649. The van der Waals surface area contributed by atoms with Gasteiger partial charge in [-0.3, -0.25) is 14.2 Å². The first-order chi connectivity index (χ1) is 15.0. The zero-order valence-corrected chi connectivity index (χ0v) is 18.9. The maximum absolute atomic E-state index is 13.3. The largest absolute Gasteiger partial charge is 0.348 e. The molecule has 1 N–H and O–H groups in total. The average Bonchev–Trinajstić information content (AvgIpc) is 3.20. The van der Waals surface area contributed by atoms with Crippen LogP contribution in [0.2, 0.25) is 0 Å². The zero-order chi connectivity index (χ0) is 21.8. The van der Waals surface area contributed by atoms with Crippen LogP contribution in [0.1, 0.15) is 32.6 Å². The molecule has 1 aliphatic rings. The fourth-order valence-electron chi connectivity index (χ4n) is 3.52. The molecule has 0 spiro atoms. The smallest absolute Gasteiger partial charge is 0.273 e. The molecule has 1 aliphatic heterocycles. The molecule has 2 aromatic heterocycles. The molecule has 7 nitrogen and oxygen atoms in total. The van der Waals surface area contributed by atoms with E-state index in [4.69, 9.17) is 0 Å². The molecule has 31 heavy (non-hydrogen) atoms. The predicted molar refractivity (Wildman–Crippen MR) is 124 cm³/mol. The van der Waals surface area contributed by atoms with E-state index in [-0.39, 0.29) is 17.2 Å². The molecule has 3 aromatic rings. The Morgan fingerprint density at radius 1 is 1.26 bits per heavy atom. The molecule has 0 bridgehead atoms. The fraction of sp³-hybridized carbons (Fsp3) is 0.429. The van der Waals surface area contributed by atoms with Crippen molar-refractivity contribution in [3.63, 3.8) is 0 Å². The molecule has 0 atom stereocenters. The van der Waals surface area contributed by atoms with Crippen LogP contribution in [0.3, 0.4) is 0 Å². The summed E-state index contributed by atoms with van der Waals surface area (Å²) in [5, 5.41) is 3.99. The molecule has 4 rings (SSSR count). The van der Waals surface area contributed by atoms with Crippen molar-refractivity contribution in [3.8, 4) is 0 Å². The summed E-state index contributed by atoms with van der Waals surface area (Å²) in [7, 11) is 0. The Kier molecular flexibility index (Phi) is 6.86. The molecule has 1 aromatic carbocycles. The van der Waals surface area contributed by atoms with E-state index < -0.39 is 5.82 Å². The molecular weight excluding hydrogens is 437 g/mol. The van der Waals surface area contributed by atoms with E-state index >= 15 is 0 Å². The van der Waals surface area contributed by atoms with Gasteiger partial charge >= 0.3 is 0 Å². The summed E-state index contributed by atoms with van der Waals surface area (Å²) in [6.07, 6.45) is 4.26. The van der Waals surface area contributed by atoms with E-state index in [1.807, 2.05) is 6.92 Å². The number of thiazole rings is 1. The maximum atomic E-state index is 13.3. The highest BCUT2D eigenvalue weighted by Crippen LogP contribution is 2.29. The number of piperidine rings is 1. The second-order valence-corrected chi connectivity index (χ2v) is 9.32. The van der Waals surface area contributed by atoms with Gasteiger partial charge < -0.3 is 10.2 Å². The number of fused-ring (bicyclic) bond motifs is 1. The highest BCUT2D eigenvalue weighted by atomic mass is 32.2. The number of benzene rings is 1. The van der Waals surface area contributed by atoms with Gasteiger partial charge in [-0.2, -0.15) is 4.98 Å². The Morgan fingerprint density at radius 2 is 2.06 bits per heavy atom. The van der Waals surface area contributed by atoms with Gasteiger partial charge in [-0.1, -0.05) is 36.1 Å². The number of nitrogens with one attached hydrogen (secondary N) is 1. The summed E-state index contributed by atoms with van der Waals surface area (Å²) in [4.78, 5) is 36.9. The number of hydrogen-bond donors (Lipinski definition) is 1. The minimum Gasteiger partial charge on any atom is -0.348 e. The van der Waals surface area contributed by atoms with Crippen LogP contribution >= 0.6 is 23.1 Å². The highest BCUT2D eigenvalue weighted by molar-refractivity contribution is 7.99. The van der Waals surface area contributed by atoms with Crippen molar-refractivity contribution >= 4 is 50.2 Å². The maximum Gasteiger partial charge on any atom is 0.273 e. The van der Waals surface area contributed by atoms with Crippen molar-refractivity contribution in [2.24, 2.45) is 0 Å². The van der Waals surface area contributed by atoms with E-state index in [0.717, 1.165) is 37.5 Å². The van der Waals surface area contributed by atoms with Crippen LogP contribution in [-0.4, -0.2) is 39.3 Å². The van der Waals surface area contributed by atoms with Crippen LogP contribution in [0.25, 0.3) is 10.3 Å². The lowest BCUT2D eigenvalue weighted by atomic mass is 10.1. The van der Waals surface area contributed by atoms with Crippen molar-refractivity contribution in [3.05, 3.63) is 40.4 Å². The van der Waals surface area contributed by atoms with Crippen molar-refractivity contribution in [1.82, 2.24) is 14.5 Å². The standard InChI is InChI=1S/C21H24FN5O2S2/c1-2-9-27-19(29)17-18(24-20(31-17)26-10-4-3-5-11-26)25-21(27)30-13-16(28)23-15-8-6-7-14(22)12-15/h6-8,12H,2-5,9-11,13H2,1H3,(H,23,28). The molecular formula is C21H24FN5O2S2. The number of amides is 1. The monoisotopic (exact) mass is 461 g/mol. The molecule has 164 valence electrons. The second kappa shape index (κ2) is 9.78. The molecule has 10 heteroatoms. The summed E-state index contributed by atoms with van der Waals surface area (Å²) in [5.41, 5.74) is 0.724. The van der Waals surface area contributed by atoms with E-state index in [9.17, 15) is 14.0 Å². The van der Waals surface area contributed by atoms with E-state index in [1.165, 1.54) is 47.7 Å². The Morgan fingerprint density at radius 3 is 2.81 bits per heavy atom. The topological polar surface area (TPSA) is 80.1 Å². The third-order valence-corrected chi connectivity index (χ3v) is 7.05. The molecule has 1 saturated heterocycles. The number of halogens is 1. The molecule has 0 saturated carbocycles. The van der Waals surface area contributed by atoms with Crippen LogP contribution in [0, 0.1) is 5.82 Å². The van der Waals surface area contributed by atoms with Gasteiger partial charge in [0.1, 0.15) is 10.5 Å². The quantitative estimate of drug-likeness (QED) is 0.421. The summed E-state index contributed by atoms with van der Waals surface area (Å²) >= 11 is 2.59. The van der Waals surface area contributed by atoms with Gasteiger partial charge in [-0.15, -0.1) is 0 Å². The van der Waals surface area contributed by atoms with Crippen LogP contribution in [0.15, 0.2) is 34.2 Å². The Bertz CT molecular complexity index is 1140. The van der Waals surface area contributed by atoms with E-state index in [1.54, 1.807) is 10.6 Å². The summed E-state index contributed by atoms with van der Waals surface area (Å²) < 4.78 is 15.5. The Labute approximate surface area is 187 Å². The normalized spacial score (nSPS) is 14.2. The third-order valence-electron chi connectivity index (χ3n) is 4.98. The Balaban J connectivity index is 1.56. The number of hydrogen-bond acceptors (Lipinski definition) is 7. The number of rotatable bonds is 7. The summed E-state index contributed by atoms with van der Waals surface area (Å²) in [6, 6.07) is 5.74. The van der Waals surface area contributed by atoms with Gasteiger partial charge in [0, 0.05) is 25.3 Å². The van der Waals surface area contributed by atoms with Crippen LogP contribution in [0.5, 0.6) is 0 Å². The van der Waals surface area contributed by atoms with E-state index in [0.29, 0.717) is 27.7 Å². The molecule has 1 fully saturated rings. The first kappa shape index (κ1) is 21.8. The van der Waals surface area contributed by atoms with Crippen molar-refractivity contribution < 1.29 is 9.18 Å². The molecule has 1 amide bonds. The van der Waals surface area contributed by atoms with Gasteiger partial charge in [-0.25, -0.2) is 9.37 Å². The van der Waals surface area contributed by atoms with Gasteiger partial charge in [0.15, 0.2) is 15.9 Å². The first-order valence-electron chi connectivity index (χ1n) is 10.4. The third kappa shape index (κ3) is 5.07. The van der Waals surface area contributed by atoms with Crippen molar-refractivity contribution in [2.45, 2.75) is 44.3 Å². The zero-order valence-electron chi connectivity index (χ0n) is 17.3. The lowest BCUT2D eigenvalue weighted by Crippen LogP contribution is -2.29. The molecule has 0 radical (unpaired) electrons. The number of aromatic nitrogens is 3. The molecule has 0 aliphatic carbocycles. The predicted octanol–water partition coefficient (Wildman–Crippen LogP) is 4.12. The summed E-state index contributed by atoms with van der Waals surface area (Å²) in [6.45, 7) is 4.41. The average molecular weight is 462 g/mol. The van der Waals surface area contributed by atoms with Gasteiger partial charge in [-0.05, 0) is 43.9 Å². The van der Waals surface area contributed by atoms with Gasteiger partial charge in [0.05, 0.1) is 5.75 Å². The van der Waals surface area contributed by atoms with Crippen LogP contribution < -0.4 is 15.8 Å². The first-order valence-corrected chi connectivity index (χ1v) is 12.2. The lowest BCUT2D eigenvalue weighted by Gasteiger charge is -2.25. The number of anilines is 2. The lowest BCUT2D eigenvalue weighted by molar-refractivity contribution is -0.113. The number of thioether (sulfide) groups is 1. The minimum atomic E-state index is -0.414. The van der Waals surface area contributed by atoms with Crippen LogP contribution in [0.4, 0.5) is 15.2 Å². The van der Waals surface area contributed by atoms with E-state index in [2.05, 4.69) is 20.2 Å². The van der Waals surface area contributed by atoms with Crippen molar-refractivity contribution in [2.75, 3.05) is 29.1 Å². The molecule has 3 heterocycles. The Hall–Kier alpha value is -2.46. The minimum absolute atomic E-state index is 0.0568. The number of carbonyl (C=O) groups excluding carboxylic acids is 1. The SMILES string of the molecule is CCCn1c(SCC(=O)Nc2cccc(F)c2)nc2nc(N3CCCCC3)sc2c1=O. The second-order valence-electron chi connectivity index (χ2n) is 7.40. The fourth-order valence-corrected chi connectivity index (χ4v) is 5.34. The van der Waals surface area contributed by atoms with Crippen LogP contribution in [-0.2, 0) is 11.3 Å². The van der Waals surface area contributed by atoms with Gasteiger partial charge in [0.25, 0.3) is 5.56 Å².